The van der Waals surface area contributed by atoms with E-state index in [0.717, 1.165) is 24.0 Å². The fourth-order valence-electron chi connectivity index (χ4n) is 5.10. The topological polar surface area (TPSA) is 140 Å². The number of carbonyl (C=O) groups excluding carboxylic acids is 2. The number of hydrazone groups is 1. The number of nitrogens with one attached hydrogen (secondary N) is 3. The number of fused-ring (bicyclic) bond motifs is 1. The molecule has 2 amide bonds. The fraction of sp³-hybridized carbons (Fsp3) is 0.229. The Morgan fingerprint density at radius 3 is 2.48 bits per heavy atom. The minimum atomic E-state index is -1.13. The molecule has 4 aromatic rings. The molecule has 0 radical (unpaired) electrons. The first kappa shape index (κ1) is 35.2. The van der Waals surface area contributed by atoms with Crippen LogP contribution in [0.15, 0.2) is 89.2 Å². The van der Waals surface area contributed by atoms with Gasteiger partial charge in [-0.1, -0.05) is 42.5 Å². The van der Waals surface area contributed by atoms with E-state index < -0.39 is 24.3 Å². The Morgan fingerprint density at radius 1 is 1.00 bits per heavy atom. The number of allylic oxidation sites excluding steroid dienone is 1. The lowest BCUT2D eigenvalue weighted by Gasteiger charge is -2.28. The molecule has 0 aliphatic carbocycles. The highest BCUT2D eigenvalue weighted by molar-refractivity contribution is 14.1. The maximum Gasteiger partial charge on any atom is 0.337 e. The average molecular weight is 876 g/mol. The predicted octanol–water partition coefficient (Wildman–Crippen LogP) is 6.15. The summed E-state index contributed by atoms with van der Waals surface area (Å²) < 4.78 is 24.6. The summed E-state index contributed by atoms with van der Waals surface area (Å²) in [5.41, 5.74) is 5.86. The molecule has 1 heterocycles. The Morgan fingerprint density at radius 2 is 1.75 bits per heavy atom. The van der Waals surface area contributed by atoms with Crippen LogP contribution in [0, 0.1) is 7.14 Å². The van der Waals surface area contributed by atoms with E-state index in [1.54, 1.807) is 31.3 Å². The standard InChI is InChI=1S/C35H34I2N4O7/c1-4-46-29-16-25(32-31(34(43)45-3)20(2)39-35(44)40-32)11-12-28(29)47-19-30(42)41-38-17-22-14-26(36)33(27(37)15-22)48-18-21-9-10-23-7-5-6-8-24(23)13-21/h5-17,30,32,41-42H,4,18-19H2,1-3H3,(H2,39,40,44)/b38-17-/t30-,32+/m1/s1. The molecule has 13 heteroatoms. The van der Waals surface area contributed by atoms with Gasteiger partial charge in [0.25, 0.3) is 0 Å². The molecule has 11 nitrogen and oxygen atoms in total. The van der Waals surface area contributed by atoms with Crippen LogP contribution in [0.3, 0.4) is 0 Å². The number of halogens is 2. The summed E-state index contributed by atoms with van der Waals surface area (Å²) in [6, 6.07) is 22.3. The van der Waals surface area contributed by atoms with Crippen molar-refractivity contribution in [2.45, 2.75) is 32.7 Å². The highest BCUT2D eigenvalue weighted by Crippen LogP contribution is 2.35. The van der Waals surface area contributed by atoms with E-state index in [4.69, 9.17) is 18.9 Å². The van der Waals surface area contributed by atoms with Crippen molar-refractivity contribution >= 4 is 74.2 Å². The smallest absolute Gasteiger partial charge is 0.337 e. The zero-order valence-electron chi connectivity index (χ0n) is 26.4. The number of amides is 2. The first-order valence-corrected chi connectivity index (χ1v) is 17.1. The maximum absolute atomic E-state index is 12.5. The summed E-state index contributed by atoms with van der Waals surface area (Å²) in [6.45, 7) is 4.11. The van der Waals surface area contributed by atoms with Crippen LogP contribution in [0.2, 0.25) is 0 Å². The van der Waals surface area contributed by atoms with Crippen LogP contribution in [0.4, 0.5) is 4.79 Å². The summed E-state index contributed by atoms with van der Waals surface area (Å²) >= 11 is 4.49. The van der Waals surface area contributed by atoms with E-state index in [9.17, 15) is 14.7 Å². The van der Waals surface area contributed by atoms with Gasteiger partial charge in [0.15, 0.2) is 17.7 Å². The van der Waals surface area contributed by atoms with Crippen molar-refractivity contribution in [1.29, 1.82) is 0 Å². The van der Waals surface area contributed by atoms with Gasteiger partial charge in [-0.3, -0.25) is 5.43 Å². The van der Waals surface area contributed by atoms with Crippen molar-refractivity contribution in [3.8, 4) is 17.2 Å². The van der Waals surface area contributed by atoms with Crippen molar-refractivity contribution in [2.24, 2.45) is 5.10 Å². The predicted molar refractivity (Wildman–Crippen MR) is 199 cm³/mol. The van der Waals surface area contributed by atoms with Crippen LogP contribution in [-0.4, -0.2) is 49.9 Å². The van der Waals surface area contributed by atoms with Gasteiger partial charge in [0.05, 0.1) is 38.7 Å². The molecule has 5 rings (SSSR count). The Kier molecular flexibility index (Phi) is 12.0. The number of rotatable bonds is 13. The van der Waals surface area contributed by atoms with Crippen molar-refractivity contribution in [1.82, 2.24) is 16.1 Å². The first-order valence-electron chi connectivity index (χ1n) is 15.0. The normalized spacial score (nSPS) is 15.1. The van der Waals surface area contributed by atoms with Crippen molar-refractivity contribution in [3.05, 3.63) is 108 Å². The minimum Gasteiger partial charge on any atom is -0.490 e. The molecule has 0 bridgehead atoms. The van der Waals surface area contributed by atoms with Gasteiger partial charge < -0.3 is 34.7 Å². The summed E-state index contributed by atoms with van der Waals surface area (Å²) in [5.74, 6) is 0.986. The highest BCUT2D eigenvalue weighted by atomic mass is 127. The molecule has 0 fully saturated rings. The van der Waals surface area contributed by atoms with E-state index >= 15 is 0 Å². The van der Waals surface area contributed by atoms with Crippen molar-refractivity contribution in [2.75, 3.05) is 20.3 Å². The molecule has 1 aliphatic rings. The molecule has 4 N–H and O–H groups in total. The second-order valence-electron chi connectivity index (χ2n) is 10.7. The lowest BCUT2D eigenvalue weighted by Crippen LogP contribution is -2.45. The number of aliphatic hydroxyl groups is 1. The number of esters is 1. The van der Waals surface area contributed by atoms with Gasteiger partial charge >= 0.3 is 12.0 Å². The van der Waals surface area contributed by atoms with Crippen LogP contribution in [0.25, 0.3) is 10.8 Å². The number of nitrogens with zero attached hydrogens (tertiary/aromatic N) is 1. The lowest BCUT2D eigenvalue weighted by molar-refractivity contribution is -0.136. The van der Waals surface area contributed by atoms with E-state index in [2.05, 4.69) is 96.7 Å². The Balaban J connectivity index is 1.18. The van der Waals surface area contributed by atoms with Crippen LogP contribution >= 0.6 is 45.2 Å². The van der Waals surface area contributed by atoms with Gasteiger partial charge in [-0.15, -0.1) is 0 Å². The molecular formula is C35H34I2N4O7. The van der Waals surface area contributed by atoms with Gasteiger partial charge in [0, 0.05) is 5.70 Å². The fourth-order valence-corrected chi connectivity index (χ4v) is 7.22. The van der Waals surface area contributed by atoms with Crippen LogP contribution in [0.5, 0.6) is 17.2 Å². The zero-order chi connectivity index (χ0) is 34.2. The number of hydrogen-bond donors (Lipinski definition) is 4. The molecule has 0 spiro atoms. The summed E-state index contributed by atoms with van der Waals surface area (Å²) in [7, 11) is 1.28. The molecule has 0 aromatic heterocycles. The molecule has 2 atom stereocenters. The van der Waals surface area contributed by atoms with Gasteiger partial charge in [0.1, 0.15) is 19.0 Å². The number of benzene rings is 4. The minimum absolute atomic E-state index is 0.135. The third kappa shape index (κ3) is 8.68. The summed E-state index contributed by atoms with van der Waals surface area (Å²) in [4.78, 5) is 24.7. The number of carbonyl (C=O) groups is 2. The number of hydrogen-bond acceptors (Lipinski definition) is 9. The zero-order valence-corrected chi connectivity index (χ0v) is 30.7. The number of urea groups is 1. The molecule has 0 saturated carbocycles. The molecule has 1 aliphatic heterocycles. The average Bonchev–Trinajstić information content (AvgIpc) is 3.06. The monoisotopic (exact) mass is 876 g/mol. The van der Waals surface area contributed by atoms with E-state index in [1.807, 2.05) is 31.2 Å². The van der Waals surface area contributed by atoms with Gasteiger partial charge in [-0.2, -0.15) is 5.10 Å². The number of ether oxygens (including phenoxy) is 4. The third-order valence-electron chi connectivity index (χ3n) is 7.33. The second-order valence-corrected chi connectivity index (χ2v) is 13.0. The Bertz CT molecular complexity index is 1860. The molecule has 0 saturated heterocycles. The first-order chi connectivity index (χ1) is 23.2. The van der Waals surface area contributed by atoms with Gasteiger partial charge in [-0.25, -0.2) is 9.59 Å². The molecular weight excluding hydrogens is 842 g/mol. The molecule has 4 aromatic carbocycles. The van der Waals surface area contributed by atoms with E-state index in [-0.39, 0.29) is 12.2 Å². The Hall–Kier alpha value is -4.09. The largest absolute Gasteiger partial charge is 0.490 e. The van der Waals surface area contributed by atoms with Gasteiger partial charge in [-0.05, 0) is 117 Å². The van der Waals surface area contributed by atoms with Crippen LogP contribution < -0.4 is 30.3 Å². The third-order valence-corrected chi connectivity index (χ3v) is 8.93. The molecule has 0 unspecified atom stereocenters. The Labute approximate surface area is 305 Å². The SMILES string of the molecule is CCOc1cc([C@@H]2NC(=O)NC(C)=C2C(=O)OC)ccc1OC[C@@H](O)N/N=C\c1cc(I)c(OCc2ccc3ccccc3c2)c(I)c1. The highest BCUT2D eigenvalue weighted by Gasteiger charge is 2.32. The van der Waals surface area contributed by atoms with Crippen molar-refractivity contribution in [3.63, 3.8) is 0 Å². The van der Waals surface area contributed by atoms with E-state index in [1.165, 1.54) is 17.9 Å². The molecule has 48 heavy (non-hydrogen) atoms. The quantitative estimate of drug-likeness (QED) is 0.0413. The maximum atomic E-state index is 12.5. The van der Waals surface area contributed by atoms with E-state index in [0.29, 0.717) is 36.0 Å². The number of aliphatic hydroxyl groups excluding tert-OH is 1. The van der Waals surface area contributed by atoms with Gasteiger partial charge in [0.2, 0.25) is 0 Å². The lowest BCUT2D eigenvalue weighted by atomic mass is 9.95. The summed E-state index contributed by atoms with van der Waals surface area (Å²) in [6.07, 6.45) is 0.487. The molecule has 250 valence electrons. The number of methoxy groups -OCH3 is 1. The van der Waals surface area contributed by atoms with Crippen molar-refractivity contribution < 1.29 is 33.6 Å². The van der Waals surface area contributed by atoms with Crippen LogP contribution in [-0.2, 0) is 16.1 Å². The van der Waals surface area contributed by atoms with Crippen LogP contribution in [0.1, 0.15) is 36.6 Å². The summed E-state index contributed by atoms with van der Waals surface area (Å²) in [5, 5.41) is 22.4. The second kappa shape index (κ2) is 16.3.